The van der Waals surface area contributed by atoms with Crippen molar-refractivity contribution in [2.45, 2.75) is 142 Å². The molecule has 0 radical (unpaired) electrons. The van der Waals surface area contributed by atoms with Crippen molar-refractivity contribution in [3.05, 3.63) is 154 Å². The lowest BCUT2D eigenvalue weighted by Crippen LogP contribution is -2.24. The van der Waals surface area contributed by atoms with Gasteiger partial charge in [-0.15, -0.1) is 0 Å². The number of carbonyl (C=O) groups is 2. The number of aryl methyl sites for hydroxylation is 1. The normalized spacial score (nSPS) is 18.6. The van der Waals surface area contributed by atoms with Crippen molar-refractivity contribution in [3.8, 4) is 34.5 Å². The lowest BCUT2D eigenvalue weighted by molar-refractivity contribution is 0.0974. The third-order valence-corrected chi connectivity index (χ3v) is 15.4. The van der Waals surface area contributed by atoms with Crippen molar-refractivity contribution in [2.75, 3.05) is 10.6 Å². The molecule has 2 saturated carbocycles. The molecule has 8 nitrogen and oxygen atoms in total. The number of carbonyl (C=O) groups excluding carboxylic acids is 2. The van der Waals surface area contributed by atoms with E-state index in [2.05, 4.69) is 55.7 Å². The fourth-order valence-corrected chi connectivity index (χ4v) is 11.2. The molecule has 370 valence electrons. The number of hydrogen-bond acceptors (Lipinski definition) is 8. The topological polar surface area (TPSA) is 117 Å². The quantitative estimate of drug-likeness (QED) is 0.0592. The zero-order valence-electron chi connectivity index (χ0n) is 41.6. The summed E-state index contributed by atoms with van der Waals surface area (Å²) in [5, 5.41) is 30.9. The summed E-state index contributed by atoms with van der Waals surface area (Å²) in [5.74, 6) is 0.442. The number of fused-ring (bicyclic) bond motifs is 2. The van der Waals surface area contributed by atoms with Crippen LogP contribution in [0.5, 0.6) is 34.5 Å². The Balaban J connectivity index is 1.07. The average molecular weight is 957 g/mol. The summed E-state index contributed by atoms with van der Waals surface area (Å²) in [6.07, 6.45) is 20.2. The van der Waals surface area contributed by atoms with E-state index in [1.807, 2.05) is 48.5 Å². The Hall–Kier alpha value is -6.61. The number of halogens is 1. The van der Waals surface area contributed by atoms with Crippen molar-refractivity contribution in [1.82, 2.24) is 0 Å². The van der Waals surface area contributed by atoms with E-state index < -0.39 is 28.9 Å². The van der Waals surface area contributed by atoms with Crippen molar-refractivity contribution in [2.24, 2.45) is 11.8 Å². The Morgan fingerprint density at radius 3 is 1.30 bits per heavy atom. The van der Waals surface area contributed by atoms with Gasteiger partial charge in [0, 0.05) is 23.5 Å². The molecule has 0 bridgehead atoms. The fraction of sp³-hybridized carbons (Fsp3) is 0.387. The number of unbranched alkanes of at least 4 members (excludes halogenated alkanes) is 3. The first-order valence-corrected chi connectivity index (χ1v) is 26.4. The number of ketones is 2. The molecule has 71 heavy (non-hydrogen) atoms. The maximum absolute atomic E-state index is 15.3. The first kappa shape index (κ1) is 49.4. The molecule has 0 saturated heterocycles. The van der Waals surface area contributed by atoms with Crippen LogP contribution in [0.1, 0.15) is 184 Å². The Morgan fingerprint density at radius 2 is 0.901 bits per heavy atom. The highest BCUT2D eigenvalue weighted by molar-refractivity contribution is 6.34. The summed E-state index contributed by atoms with van der Waals surface area (Å²) in [5.41, 5.74) is 4.20. The standard InChI is InChI=1S/C62H69FN2O6/c1-4-7-10-39-13-19-42(20-14-39)44-23-33-49(34-24-44)70-53-37-51(64-47-29-17-41(18-30-47)12-9-6-3)55-57(59(53)66)62(69)56-52(65-48-31-27-46(63)28-32-48)38-54(60(67)58(56)61(55)68)71-50-35-25-45(26-36-50)43-21-15-40(16-22-43)11-8-5-2/h17-18,23-40,42-43,64-67H,4-16,19-22H2,1-3H3. The molecule has 0 heterocycles. The molecule has 0 unspecified atom stereocenters. The van der Waals surface area contributed by atoms with E-state index in [1.165, 1.54) is 117 Å². The minimum atomic E-state index is -0.722. The van der Waals surface area contributed by atoms with Crippen molar-refractivity contribution >= 4 is 34.3 Å². The van der Waals surface area contributed by atoms with Crippen LogP contribution in [0, 0.1) is 17.7 Å². The van der Waals surface area contributed by atoms with Crippen molar-refractivity contribution < 1.29 is 33.7 Å². The summed E-state index contributed by atoms with van der Waals surface area (Å²) >= 11 is 0. The van der Waals surface area contributed by atoms with Gasteiger partial charge in [0.25, 0.3) is 0 Å². The minimum Gasteiger partial charge on any atom is -0.504 e. The predicted molar refractivity (Wildman–Crippen MR) is 283 cm³/mol. The second kappa shape index (κ2) is 22.6. The molecule has 6 aromatic rings. The summed E-state index contributed by atoms with van der Waals surface area (Å²) in [6, 6.07) is 32.3. The van der Waals surface area contributed by atoms with E-state index in [4.69, 9.17) is 9.47 Å². The van der Waals surface area contributed by atoms with Crippen LogP contribution in [0.2, 0.25) is 0 Å². The van der Waals surface area contributed by atoms with Crippen LogP contribution >= 0.6 is 0 Å². The Labute approximate surface area is 419 Å². The maximum atomic E-state index is 15.3. The molecule has 0 atom stereocenters. The molecule has 0 aromatic heterocycles. The van der Waals surface area contributed by atoms with E-state index >= 15 is 9.59 Å². The number of aromatic hydroxyl groups is 2. The lowest BCUT2D eigenvalue weighted by atomic mass is 9.77. The van der Waals surface area contributed by atoms with Crippen LogP contribution in [0.3, 0.4) is 0 Å². The molecule has 3 aliphatic rings. The van der Waals surface area contributed by atoms with Crippen LogP contribution in [0.15, 0.2) is 109 Å². The Kier molecular flexibility index (Phi) is 15.7. The summed E-state index contributed by atoms with van der Waals surface area (Å²) < 4.78 is 27.0. The molecule has 0 amide bonds. The van der Waals surface area contributed by atoms with Gasteiger partial charge >= 0.3 is 0 Å². The van der Waals surface area contributed by atoms with Gasteiger partial charge in [-0.2, -0.15) is 0 Å². The third-order valence-electron chi connectivity index (χ3n) is 15.4. The molecular formula is C62H69FN2O6. The monoisotopic (exact) mass is 957 g/mol. The van der Waals surface area contributed by atoms with E-state index in [0.29, 0.717) is 34.7 Å². The summed E-state index contributed by atoms with van der Waals surface area (Å²) in [7, 11) is 0. The van der Waals surface area contributed by atoms with E-state index in [0.717, 1.165) is 56.8 Å². The number of ether oxygens (including phenoxy) is 2. The van der Waals surface area contributed by atoms with Crippen LogP contribution in [-0.4, -0.2) is 21.8 Å². The Bertz CT molecular complexity index is 2790. The molecule has 6 aromatic carbocycles. The number of anilines is 4. The van der Waals surface area contributed by atoms with Gasteiger partial charge in [-0.1, -0.05) is 102 Å². The summed E-state index contributed by atoms with van der Waals surface area (Å²) in [6.45, 7) is 6.65. The van der Waals surface area contributed by atoms with Gasteiger partial charge in [0.1, 0.15) is 17.3 Å². The number of nitrogens with one attached hydrogen (secondary N) is 2. The van der Waals surface area contributed by atoms with Gasteiger partial charge < -0.3 is 30.3 Å². The van der Waals surface area contributed by atoms with Gasteiger partial charge in [0.15, 0.2) is 23.0 Å². The molecule has 2 fully saturated rings. The van der Waals surface area contributed by atoms with Crippen LogP contribution in [-0.2, 0) is 6.42 Å². The highest BCUT2D eigenvalue weighted by Gasteiger charge is 2.41. The van der Waals surface area contributed by atoms with Crippen LogP contribution < -0.4 is 20.1 Å². The van der Waals surface area contributed by atoms with E-state index in [9.17, 15) is 14.6 Å². The fourth-order valence-electron chi connectivity index (χ4n) is 11.2. The highest BCUT2D eigenvalue weighted by atomic mass is 19.1. The SMILES string of the molecule is CCCCc1ccc(Nc2cc(Oc3ccc(C4CCC(CCCC)CC4)cc3)c(O)c3c2C(=O)c2c(O)c(Oc4ccc(C5CCC(CCCC)CC5)cc4)cc(Nc4ccc(F)cc4)c2C3=O)cc1. The van der Waals surface area contributed by atoms with Gasteiger partial charge in [0.05, 0.1) is 33.6 Å². The Morgan fingerprint density at radius 1 is 0.507 bits per heavy atom. The molecule has 9 rings (SSSR count). The number of phenols is 2. The van der Waals surface area contributed by atoms with Gasteiger partial charge in [-0.25, -0.2) is 4.39 Å². The van der Waals surface area contributed by atoms with Crippen molar-refractivity contribution in [3.63, 3.8) is 0 Å². The summed E-state index contributed by atoms with van der Waals surface area (Å²) in [4.78, 5) is 30.5. The number of benzene rings is 6. The van der Waals surface area contributed by atoms with Crippen molar-refractivity contribution in [1.29, 1.82) is 0 Å². The number of rotatable bonds is 19. The molecule has 0 spiro atoms. The first-order chi connectivity index (χ1) is 34.6. The molecular weight excluding hydrogens is 888 g/mol. The molecule has 9 heteroatoms. The minimum absolute atomic E-state index is 0.0233. The second-order valence-corrected chi connectivity index (χ2v) is 20.3. The van der Waals surface area contributed by atoms with Crippen LogP contribution in [0.4, 0.5) is 27.1 Å². The second-order valence-electron chi connectivity index (χ2n) is 20.3. The molecule has 4 N–H and O–H groups in total. The molecule has 3 aliphatic carbocycles. The van der Waals surface area contributed by atoms with E-state index in [-0.39, 0.29) is 45.1 Å². The van der Waals surface area contributed by atoms with E-state index in [1.54, 1.807) is 0 Å². The van der Waals surface area contributed by atoms with Gasteiger partial charge in [-0.05, 0) is 165 Å². The zero-order valence-corrected chi connectivity index (χ0v) is 41.6. The van der Waals surface area contributed by atoms with Crippen LogP contribution in [0.25, 0.3) is 0 Å². The zero-order chi connectivity index (χ0) is 49.4. The highest BCUT2D eigenvalue weighted by Crippen LogP contribution is 2.51. The smallest absolute Gasteiger partial charge is 0.200 e. The van der Waals surface area contributed by atoms with Gasteiger partial charge in [0.2, 0.25) is 11.6 Å². The maximum Gasteiger partial charge on any atom is 0.200 e. The first-order valence-electron chi connectivity index (χ1n) is 26.4. The molecule has 0 aliphatic heterocycles. The average Bonchev–Trinajstić information content (AvgIpc) is 3.39. The number of phenolic OH excluding ortho intramolecular Hbond substituents is 2. The largest absolute Gasteiger partial charge is 0.504 e. The van der Waals surface area contributed by atoms with Gasteiger partial charge in [-0.3, -0.25) is 9.59 Å². The number of hydrogen-bond donors (Lipinski definition) is 4. The lowest BCUT2D eigenvalue weighted by Gasteiger charge is -2.29. The third kappa shape index (κ3) is 11.3. The predicted octanol–water partition coefficient (Wildman–Crippen LogP) is 17.4.